The molecule has 0 aliphatic heterocycles. The van der Waals surface area contributed by atoms with Crippen LogP contribution in [0.1, 0.15) is 32.9 Å². The average Bonchev–Trinajstić information content (AvgIpc) is 2.78. The number of H-pyrrole nitrogens is 1. The maximum absolute atomic E-state index is 4.09. The number of aromatic nitrogens is 2. The van der Waals surface area contributed by atoms with Crippen LogP contribution in [0.2, 0.25) is 0 Å². The summed E-state index contributed by atoms with van der Waals surface area (Å²) in [7, 11) is 0. The Morgan fingerprint density at radius 2 is 2.31 bits per heavy atom. The second kappa shape index (κ2) is 4.28. The van der Waals surface area contributed by atoms with Gasteiger partial charge in [0.25, 0.3) is 0 Å². The van der Waals surface area contributed by atoms with Crippen LogP contribution < -0.4 is 0 Å². The van der Waals surface area contributed by atoms with Crippen molar-refractivity contribution in [1.29, 1.82) is 0 Å². The van der Waals surface area contributed by atoms with E-state index in [-0.39, 0.29) is 0 Å². The first-order valence-electron chi connectivity index (χ1n) is 5.99. The number of allylic oxidation sites excluding steroid dienone is 4. The van der Waals surface area contributed by atoms with Crippen molar-refractivity contribution in [2.45, 2.75) is 33.6 Å². The van der Waals surface area contributed by atoms with E-state index in [1.165, 1.54) is 17.7 Å². The lowest BCUT2D eigenvalue weighted by atomic mass is 9.66. The van der Waals surface area contributed by atoms with Gasteiger partial charge in [-0.2, -0.15) is 0 Å². The first-order valence-corrected chi connectivity index (χ1v) is 5.99. The first-order chi connectivity index (χ1) is 7.66. The van der Waals surface area contributed by atoms with Gasteiger partial charge in [0.2, 0.25) is 0 Å². The molecule has 2 atom stereocenters. The van der Waals surface area contributed by atoms with E-state index >= 15 is 0 Å². The van der Waals surface area contributed by atoms with Gasteiger partial charge in [0.05, 0.1) is 6.33 Å². The van der Waals surface area contributed by atoms with Crippen LogP contribution in [0.3, 0.4) is 0 Å². The zero-order chi connectivity index (χ0) is 11.6. The van der Waals surface area contributed by atoms with Crippen molar-refractivity contribution < 1.29 is 0 Å². The molecule has 1 N–H and O–H groups in total. The molecule has 0 saturated heterocycles. The zero-order valence-corrected chi connectivity index (χ0v) is 10.3. The molecule has 0 amide bonds. The standard InChI is InChI=1S/C14H20N2/c1-4-14(3)11(2)6-5-7-12(14)8-13-9-15-10-16-13/h5-7,9-10,12H,4,8H2,1-3H3,(H,15,16). The summed E-state index contributed by atoms with van der Waals surface area (Å²) in [6.07, 6.45) is 12.7. The van der Waals surface area contributed by atoms with E-state index in [2.05, 4.69) is 49.0 Å². The van der Waals surface area contributed by atoms with Crippen LogP contribution >= 0.6 is 0 Å². The topological polar surface area (TPSA) is 28.7 Å². The fourth-order valence-electron chi connectivity index (χ4n) is 2.50. The molecule has 86 valence electrons. The number of nitrogens with one attached hydrogen (secondary N) is 1. The lowest BCUT2D eigenvalue weighted by Crippen LogP contribution is -2.30. The first kappa shape index (κ1) is 11.2. The molecule has 2 unspecified atom stereocenters. The van der Waals surface area contributed by atoms with Crippen LogP contribution in [0.4, 0.5) is 0 Å². The second-order valence-electron chi connectivity index (χ2n) is 4.89. The molecule has 0 radical (unpaired) electrons. The van der Waals surface area contributed by atoms with E-state index in [1.54, 1.807) is 6.33 Å². The fourth-order valence-corrected chi connectivity index (χ4v) is 2.50. The maximum atomic E-state index is 4.09. The van der Waals surface area contributed by atoms with Gasteiger partial charge in [0, 0.05) is 11.9 Å². The second-order valence-corrected chi connectivity index (χ2v) is 4.89. The minimum absolute atomic E-state index is 0.292. The molecular formula is C14H20N2. The average molecular weight is 216 g/mol. The van der Waals surface area contributed by atoms with E-state index in [4.69, 9.17) is 0 Å². The summed E-state index contributed by atoms with van der Waals surface area (Å²) in [5, 5.41) is 0. The van der Waals surface area contributed by atoms with E-state index in [9.17, 15) is 0 Å². The van der Waals surface area contributed by atoms with E-state index in [0.717, 1.165) is 6.42 Å². The van der Waals surface area contributed by atoms with Crippen LogP contribution in [0, 0.1) is 11.3 Å². The Morgan fingerprint density at radius 1 is 1.50 bits per heavy atom. The molecule has 1 aromatic heterocycles. The molecule has 2 nitrogen and oxygen atoms in total. The SMILES string of the molecule is CCC1(C)C(C)=CC=CC1Cc1cnc[nH]1. The molecule has 1 aliphatic carbocycles. The number of nitrogens with zero attached hydrogens (tertiary/aromatic N) is 1. The predicted molar refractivity (Wildman–Crippen MR) is 67.1 cm³/mol. The molecule has 0 saturated carbocycles. The van der Waals surface area contributed by atoms with Crippen molar-refractivity contribution in [3.8, 4) is 0 Å². The summed E-state index contributed by atoms with van der Waals surface area (Å²) in [6.45, 7) is 6.88. The molecule has 1 aliphatic rings. The lowest BCUT2D eigenvalue weighted by Gasteiger charge is -2.38. The number of imidazole rings is 1. The number of aromatic amines is 1. The highest BCUT2D eigenvalue weighted by Crippen LogP contribution is 2.43. The minimum atomic E-state index is 0.292. The van der Waals surface area contributed by atoms with Crippen molar-refractivity contribution in [3.63, 3.8) is 0 Å². The van der Waals surface area contributed by atoms with Crippen LogP contribution in [-0.2, 0) is 6.42 Å². The Bertz CT molecular complexity index is 400. The summed E-state index contributed by atoms with van der Waals surface area (Å²) in [5.74, 6) is 0.572. The largest absolute Gasteiger partial charge is 0.348 e. The van der Waals surface area contributed by atoms with Gasteiger partial charge in [0.1, 0.15) is 0 Å². The minimum Gasteiger partial charge on any atom is -0.348 e. The molecule has 1 aromatic rings. The molecule has 0 bridgehead atoms. The van der Waals surface area contributed by atoms with Gasteiger partial charge in [-0.05, 0) is 31.1 Å². The van der Waals surface area contributed by atoms with Crippen molar-refractivity contribution in [2.75, 3.05) is 0 Å². The normalized spacial score (nSPS) is 29.2. The summed E-state index contributed by atoms with van der Waals surface area (Å²) in [6, 6.07) is 0. The monoisotopic (exact) mass is 216 g/mol. The van der Waals surface area contributed by atoms with Gasteiger partial charge >= 0.3 is 0 Å². The summed E-state index contributed by atoms with van der Waals surface area (Å²) in [4.78, 5) is 7.28. The number of hydrogen-bond acceptors (Lipinski definition) is 1. The van der Waals surface area contributed by atoms with Crippen molar-refractivity contribution >= 4 is 0 Å². The molecule has 2 heteroatoms. The Kier molecular flexibility index (Phi) is 2.99. The molecular weight excluding hydrogens is 196 g/mol. The molecule has 2 rings (SSSR count). The third-order valence-corrected chi connectivity index (χ3v) is 4.14. The Balaban J connectivity index is 2.21. The third kappa shape index (κ3) is 1.84. The Hall–Kier alpha value is -1.31. The van der Waals surface area contributed by atoms with Gasteiger partial charge in [0.15, 0.2) is 0 Å². The molecule has 0 fully saturated rings. The van der Waals surface area contributed by atoms with Gasteiger partial charge in [-0.3, -0.25) is 0 Å². The smallest absolute Gasteiger partial charge is 0.0921 e. The lowest BCUT2D eigenvalue weighted by molar-refractivity contribution is 0.268. The molecule has 0 spiro atoms. The highest BCUT2D eigenvalue weighted by Gasteiger charge is 2.34. The molecule has 0 aromatic carbocycles. The Labute approximate surface area is 97.5 Å². The fraction of sp³-hybridized carbons (Fsp3) is 0.500. The predicted octanol–water partition coefficient (Wildman–Crippen LogP) is 3.50. The Morgan fingerprint density at radius 3 is 2.94 bits per heavy atom. The van der Waals surface area contributed by atoms with Crippen molar-refractivity contribution in [3.05, 3.63) is 42.0 Å². The van der Waals surface area contributed by atoms with E-state index < -0.39 is 0 Å². The van der Waals surface area contributed by atoms with Gasteiger partial charge < -0.3 is 4.98 Å². The van der Waals surface area contributed by atoms with Crippen molar-refractivity contribution in [2.24, 2.45) is 11.3 Å². The van der Waals surface area contributed by atoms with Crippen molar-refractivity contribution in [1.82, 2.24) is 9.97 Å². The number of rotatable bonds is 3. The maximum Gasteiger partial charge on any atom is 0.0921 e. The quantitative estimate of drug-likeness (QED) is 0.823. The summed E-state index contributed by atoms with van der Waals surface area (Å²) < 4.78 is 0. The van der Waals surface area contributed by atoms with Gasteiger partial charge in [-0.25, -0.2) is 4.98 Å². The van der Waals surface area contributed by atoms with Crippen LogP contribution in [0.25, 0.3) is 0 Å². The van der Waals surface area contributed by atoms with Crippen LogP contribution in [-0.4, -0.2) is 9.97 Å². The summed E-state index contributed by atoms with van der Waals surface area (Å²) in [5.41, 5.74) is 3.01. The number of hydrogen-bond donors (Lipinski definition) is 1. The third-order valence-electron chi connectivity index (χ3n) is 4.14. The highest BCUT2D eigenvalue weighted by atomic mass is 14.9. The van der Waals surface area contributed by atoms with E-state index in [1.807, 2.05) is 6.20 Å². The van der Waals surface area contributed by atoms with Gasteiger partial charge in [-0.1, -0.05) is 37.6 Å². The summed E-state index contributed by atoms with van der Waals surface area (Å²) >= 11 is 0. The molecule has 16 heavy (non-hydrogen) atoms. The molecule has 1 heterocycles. The van der Waals surface area contributed by atoms with E-state index in [0.29, 0.717) is 11.3 Å². The zero-order valence-electron chi connectivity index (χ0n) is 10.3. The van der Waals surface area contributed by atoms with Crippen LogP contribution in [0.5, 0.6) is 0 Å². The highest BCUT2D eigenvalue weighted by molar-refractivity contribution is 5.27. The van der Waals surface area contributed by atoms with Crippen LogP contribution in [0.15, 0.2) is 36.3 Å². The van der Waals surface area contributed by atoms with Gasteiger partial charge in [-0.15, -0.1) is 0 Å².